The highest BCUT2D eigenvalue weighted by Crippen LogP contribution is 2.14. The third-order valence-corrected chi connectivity index (χ3v) is 4.03. The van der Waals surface area contributed by atoms with E-state index in [0.29, 0.717) is 6.42 Å². The van der Waals surface area contributed by atoms with Crippen LogP contribution in [0.1, 0.15) is 40.6 Å². The van der Waals surface area contributed by atoms with E-state index in [1.165, 1.54) is 10.4 Å². The monoisotopic (exact) mass is 258 g/mol. The Kier molecular flexibility index (Phi) is 4.71. The molecule has 18 heavy (non-hydrogen) atoms. The van der Waals surface area contributed by atoms with Crippen LogP contribution in [0.3, 0.4) is 0 Å². The average Bonchev–Trinajstić information content (AvgIpc) is 2.92. The molecule has 0 unspecified atom stereocenters. The number of aryl methyl sites for hydroxylation is 2. The lowest BCUT2D eigenvalue weighted by Crippen LogP contribution is -1.99. The van der Waals surface area contributed by atoms with Crippen LogP contribution in [-0.2, 0) is 12.8 Å². The maximum absolute atomic E-state index is 12.0. The summed E-state index contributed by atoms with van der Waals surface area (Å²) in [5.74, 6) is 0.259. The minimum Gasteiger partial charge on any atom is -0.294 e. The van der Waals surface area contributed by atoms with Gasteiger partial charge in [-0.15, -0.1) is 11.3 Å². The molecule has 1 aromatic carbocycles. The number of carbonyl (C=O) groups is 1. The zero-order chi connectivity index (χ0) is 12.8. The lowest BCUT2D eigenvalue weighted by molar-refractivity contribution is 0.0980. The van der Waals surface area contributed by atoms with Crippen LogP contribution in [0.5, 0.6) is 0 Å². The first-order chi connectivity index (χ1) is 8.79. The van der Waals surface area contributed by atoms with Crippen molar-refractivity contribution in [3.8, 4) is 0 Å². The number of rotatable bonds is 6. The number of ketones is 1. The van der Waals surface area contributed by atoms with Gasteiger partial charge in [-0.25, -0.2) is 0 Å². The predicted octanol–water partition coefficient (Wildman–Crippen LogP) is 4.52. The van der Waals surface area contributed by atoms with Gasteiger partial charge in [-0.3, -0.25) is 4.79 Å². The predicted molar refractivity (Wildman–Crippen MR) is 77.4 cm³/mol. The first-order valence-electron chi connectivity index (χ1n) is 6.44. The van der Waals surface area contributed by atoms with Crippen molar-refractivity contribution in [3.63, 3.8) is 0 Å². The Hall–Kier alpha value is -1.41. The van der Waals surface area contributed by atoms with E-state index in [1.807, 2.05) is 24.3 Å². The molecule has 1 aromatic heterocycles. The van der Waals surface area contributed by atoms with E-state index in [1.54, 1.807) is 11.3 Å². The molecule has 0 fully saturated rings. The molecule has 0 saturated carbocycles. The van der Waals surface area contributed by atoms with E-state index in [2.05, 4.69) is 24.4 Å². The molecule has 0 aliphatic carbocycles. The van der Waals surface area contributed by atoms with Gasteiger partial charge in [0.1, 0.15) is 0 Å². The van der Waals surface area contributed by atoms with Crippen LogP contribution in [-0.4, -0.2) is 5.78 Å². The van der Waals surface area contributed by atoms with E-state index >= 15 is 0 Å². The quantitative estimate of drug-likeness (QED) is 0.696. The summed E-state index contributed by atoms with van der Waals surface area (Å²) in [5, 5.41) is 2.08. The molecule has 0 aliphatic rings. The summed E-state index contributed by atoms with van der Waals surface area (Å²) in [6, 6.07) is 12.2. The number of benzene rings is 1. The van der Waals surface area contributed by atoms with Gasteiger partial charge >= 0.3 is 0 Å². The van der Waals surface area contributed by atoms with Crippen molar-refractivity contribution in [1.29, 1.82) is 0 Å². The number of hydrogen-bond acceptors (Lipinski definition) is 2. The van der Waals surface area contributed by atoms with Crippen molar-refractivity contribution in [2.24, 2.45) is 0 Å². The highest BCUT2D eigenvalue weighted by atomic mass is 32.1. The molecule has 2 aromatic rings. The Morgan fingerprint density at radius 3 is 2.56 bits per heavy atom. The molecule has 0 aliphatic heterocycles. The highest BCUT2D eigenvalue weighted by Gasteiger charge is 2.05. The Labute approximate surface area is 112 Å². The van der Waals surface area contributed by atoms with Crippen LogP contribution >= 0.6 is 11.3 Å². The van der Waals surface area contributed by atoms with E-state index in [-0.39, 0.29) is 5.78 Å². The first kappa shape index (κ1) is 13.0. The van der Waals surface area contributed by atoms with Gasteiger partial charge < -0.3 is 0 Å². The number of carbonyl (C=O) groups excluding carboxylic acids is 1. The van der Waals surface area contributed by atoms with Gasteiger partial charge in [0.25, 0.3) is 0 Å². The molecule has 0 radical (unpaired) electrons. The molecular formula is C16H18OS. The Balaban J connectivity index is 1.83. The minimum atomic E-state index is 0.259. The third-order valence-electron chi connectivity index (χ3n) is 3.09. The van der Waals surface area contributed by atoms with Crippen LogP contribution in [0.15, 0.2) is 41.8 Å². The zero-order valence-electron chi connectivity index (χ0n) is 10.7. The van der Waals surface area contributed by atoms with Crippen molar-refractivity contribution in [3.05, 3.63) is 57.8 Å². The fraction of sp³-hybridized carbons (Fsp3) is 0.312. The third kappa shape index (κ3) is 3.54. The van der Waals surface area contributed by atoms with Gasteiger partial charge in [-0.1, -0.05) is 37.3 Å². The summed E-state index contributed by atoms with van der Waals surface area (Å²) in [6.45, 7) is 2.12. The smallest absolute Gasteiger partial charge is 0.162 e. The number of thiophene rings is 1. The summed E-state index contributed by atoms with van der Waals surface area (Å²) in [6.07, 6.45) is 3.61. The van der Waals surface area contributed by atoms with Crippen LogP contribution in [0.25, 0.3) is 0 Å². The molecule has 0 saturated heterocycles. The van der Waals surface area contributed by atoms with Gasteiger partial charge in [0, 0.05) is 16.9 Å². The van der Waals surface area contributed by atoms with Crippen molar-refractivity contribution in [2.45, 2.75) is 32.6 Å². The normalized spacial score (nSPS) is 10.5. The van der Waals surface area contributed by atoms with E-state index in [4.69, 9.17) is 0 Å². The maximum Gasteiger partial charge on any atom is 0.162 e. The lowest BCUT2D eigenvalue weighted by Gasteiger charge is -2.02. The molecule has 2 rings (SSSR count). The minimum absolute atomic E-state index is 0.259. The Bertz CT molecular complexity index is 482. The summed E-state index contributed by atoms with van der Waals surface area (Å²) in [5.41, 5.74) is 2.13. The van der Waals surface area contributed by atoms with E-state index < -0.39 is 0 Å². The SMILES string of the molecule is CCc1ccc(C(=O)CCCc2cccs2)cc1. The summed E-state index contributed by atoms with van der Waals surface area (Å²) in [4.78, 5) is 13.3. The molecule has 0 spiro atoms. The van der Waals surface area contributed by atoms with Gasteiger partial charge in [-0.05, 0) is 36.3 Å². The number of Topliss-reactive ketones (excluding diaryl/α,β-unsaturated/α-hetero) is 1. The molecule has 0 bridgehead atoms. The van der Waals surface area contributed by atoms with Gasteiger partial charge in [0.2, 0.25) is 0 Å². The van der Waals surface area contributed by atoms with Crippen LogP contribution < -0.4 is 0 Å². The molecule has 1 nitrogen and oxygen atoms in total. The lowest BCUT2D eigenvalue weighted by atomic mass is 10.0. The van der Waals surface area contributed by atoms with Crippen LogP contribution in [0.2, 0.25) is 0 Å². The molecule has 0 amide bonds. The first-order valence-corrected chi connectivity index (χ1v) is 7.32. The summed E-state index contributed by atoms with van der Waals surface area (Å²) >= 11 is 1.76. The largest absolute Gasteiger partial charge is 0.294 e. The Morgan fingerprint density at radius 1 is 1.17 bits per heavy atom. The fourth-order valence-electron chi connectivity index (χ4n) is 1.95. The second-order valence-corrected chi connectivity index (χ2v) is 5.44. The van der Waals surface area contributed by atoms with Crippen LogP contribution in [0, 0.1) is 0 Å². The van der Waals surface area contributed by atoms with Crippen LogP contribution in [0.4, 0.5) is 0 Å². The highest BCUT2D eigenvalue weighted by molar-refractivity contribution is 7.09. The van der Waals surface area contributed by atoms with E-state index in [0.717, 1.165) is 24.8 Å². The standard InChI is InChI=1S/C16H18OS/c1-2-13-8-10-14(11-9-13)16(17)7-3-5-15-6-4-12-18-15/h4,6,8-12H,2-3,5,7H2,1H3. The fourth-order valence-corrected chi connectivity index (χ4v) is 2.70. The van der Waals surface area contributed by atoms with Gasteiger partial charge in [0.15, 0.2) is 5.78 Å². The second kappa shape index (κ2) is 6.50. The molecule has 1 heterocycles. The number of hydrogen-bond donors (Lipinski definition) is 0. The zero-order valence-corrected chi connectivity index (χ0v) is 11.5. The maximum atomic E-state index is 12.0. The van der Waals surface area contributed by atoms with E-state index in [9.17, 15) is 4.79 Å². The van der Waals surface area contributed by atoms with Gasteiger partial charge in [-0.2, -0.15) is 0 Å². The van der Waals surface area contributed by atoms with Gasteiger partial charge in [0.05, 0.1) is 0 Å². The molecular weight excluding hydrogens is 240 g/mol. The topological polar surface area (TPSA) is 17.1 Å². The molecule has 2 heteroatoms. The Morgan fingerprint density at radius 2 is 1.94 bits per heavy atom. The summed E-state index contributed by atoms with van der Waals surface area (Å²) in [7, 11) is 0. The van der Waals surface area contributed by atoms with Crippen molar-refractivity contribution >= 4 is 17.1 Å². The van der Waals surface area contributed by atoms with Crippen molar-refractivity contribution in [1.82, 2.24) is 0 Å². The second-order valence-electron chi connectivity index (χ2n) is 4.41. The molecule has 0 N–H and O–H groups in total. The van der Waals surface area contributed by atoms with Crippen molar-refractivity contribution in [2.75, 3.05) is 0 Å². The average molecular weight is 258 g/mol. The van der Waals surface area contributed by atoms with Crippen molar-refractivity contribution < 1.29 is 4.79 Å². The molecule has 0 atom stereocenters. The molecule has 94 valence electrons. The summed E-state index contributed by atoms with van der Waals surface area (Å²) < 4.78 is 0.